The van der Waals surface area contributed by atoms with Crippen LogP contribution < -0.4 is 3.71 Å². The fourth-order valence-corrected chi connectivity index (χ4v) is 7.83. The molecule has 0 aliphatic rings. The summed E-state index contributed by atoms with van der Waals surface area (Å²) in [5, 5.41) is -0.128. The Balaban J connectivity index is 2.35. The summed E-state index contributed by atoms with van der Waals surface area (Å²) < 4.78 is 54.6. The zero-order valence-electron chi connectivity index (χ0n) is 16.1. The van der Waals surface area contributed by atoms with Crippen LogP contribution in [-0.4, -0.2) is 16.8 Å². The van der Waals surface area contributed by atoms with Gasteiger partial charge < -0.3 is 0 Å². The third kappa shape index (κ3) is 4.47. The van der Waals surface area contributed by atoms with Gasteiger partial charge in [-0.1, -0.05) is 71.7 Å². The average molecular weight is 517 g/mol. The summed E-state index contributed by atoms with van der Waals surface area (Å²) in [4.78, 5) is -0.764. The van der Waals surface area contributed by atoms with Crippen LogP contribution in [0, 0.1) is 0 Å². The van der Waals surface area contributed by atoms with Crippen molar-refractivity contribution in [3.05, 3.63) is 93.9 Å². The third-order valence-electron chi connectivity index (χ3n) is 4.29. The number of allylic oxidation sites excluding steroid dienone is 1. The van der Waals surface area contributed by atoms with Crippen molar-refractivity contribution >= 4 is 66.1 Å². The van der Waals surface area contributed by atoms with Crippen molar-refractivity contribution in [2.75, 3.05) is 3.71 Å². The summed E-state index contributed by atoms with van der Waals surface area (Å²) in [5.41, 5.74) is 0.983. The van der Waals surface area contributed by atoms with Crippen LogP contribution >= 0.6 is 34.8 Å². The minimum Gasteiger partial charge on any atom is -0.200 e. The van der Waals surface area contributed by atoms with Crippen LogP contribution in [0.25, 0.3) is 5.57 Å². The molecule has 0 saturated heterocycles. The summed E-state index contributed by atoms with van der Waals surface area (Å²) >= 11 is 18.5. The molecule has 0 N–H and O–H groups in total. The lowest BCUT2D eigenvalue weighted by Gasteiger charge is -2.25. The molecule has 0 fully saturated rings. The quantitative estimate of drug-likeness (QED) is 0.387. The lowest BCUT2D eigenvalue weighted by Crippen LogP contribution is -2.37. The fraction of sp³-hybridized carbons (Fsp3) is 0.0476. The van der Waals surface area contributed by atoms with Gasteiger partial charge in [0.15, 0.2) is 0 Å². The number of rotatable bonds is 6. The first kappa shape index (κ1) is 23.6. The molecule has 0 aromatic heterocycles. The van der Waals surface area contributed by atoms with E-state index in [1.807, 2.05) is 0 Å². The topological polar surface area (TPSA) is 71.5 Å². The lowest BCUT2D eigenvalue weighted by atomic mass is 10.1. The Hall–Kier alpha value is -2.03. The third-order valence-corrected chi connectivity index (χ3v) is 9.78. The van der Waals surface area contributed by atoms with Gasteiger partial charge in [0.1, 0.15) is 9.79 Å². The van der Waals surface area contributed by atoms with E-state index in [1.165, 1.54) is 66.7 Å². The maximum absolute atomic E-state index is 13.6. The molecule has 0 atom stereocenters. The van der Waals surface area contributed by atoms with Gasteiger partial charge in [-0.25, -0.2) is 0 Å². The fourth-order valence-electron chi connectivity index (χ4n) is 2.86. The Labute approximate surface area is 196 Å². The van der Waals surface area contributed by atoms with Crippen molar-refractivity contribution in [2.24, 2.45) is 0 Å². The van der Waals surface area contributed by atoms with Crippen LogP contribution in [0.4, 0.5) is 5.69 Å². The SMILES string of the molecule is C=C(C)c1ccc(N(S(=O)(=O)c2ccccc2Cl)S(=O)(=O)c2ccccc2Cl)cc1Cl. The summed E-state index contributed by atoms with van der Waals surface area (Å²) in [7, 11) is -9.37. The van der Waals surface area contributed by atoms with Crippen molar-refractivity contribution in [2.45, 2.75) is 16.7 Å². The molecule has 3 rings (SSSR count). The first-order valence-electron chi connectivity index (χ1n) is 8.73. The monoisotopic (exact) mass is 515 g/mol. The van der Waals surface area contributed by atoms with Gasteiger partial charge in [-0.05, 0) is 54.5 Å². The van der Waals surface area contributed by atoms with Crippen LogP contribution in [0.5, 0.6) is 0 Å². The van der Waals surface area contributed by atoms with Gasteiger partial charge >= 0.3 is 0 Å². The minimum absolute atomic E-state index is 0.133. The second-order valence-electron chi connectivity index (χ2n) is 6.51. The van der Waals surface area contributed by atoms with Crippen molar-refractivity contribution in [3.63, 3.8) is 0 Å². The first-order chi connectivity index (χ1) is 14.5. The zero-order chi connectivity index (χ0) is 23.0. The van der Waals surface area contributed by atoms with E-state index in [-0.39, 0.29) is 34.3 Å². The maximum Gasteiger partial charge on any atom is 0.279 e. The maximum atomic E-state index is 13.6. The Bertz CT molecular complexity index is 1310. The number of benzene rings is 3. The van der Waals surface area contributed by atoms with Crippen LogP contribution in [-0.2, 0) is 20.0 Å². The van der Waals surface area contributed by atoms with E-state index >= 15 is 0 Å². The van der Waals surface area contributed by atoms with Crippen molar-refractivity contribution < 1.29 is 16.8 Å². The molecule has 0 spiro atoms. The number of anilines is 1. The van der Waals surface area contributed by atoms with E-state index in [0.29, 0.717) is 11.1 Å². The highest BCUT2D eigenvalue weighted by Gasteiger charge is 2.39. The van der Waals surface area contributed by atoms with Crippen molar-refractivity contribution in [1.82, 2.24) is 0 Å². The van der Waals surface area contributed by atoms with Crippen LogP contribution in [0.3, 0.4) is 0 Å². The van der Waals surface area contributed by atoms with E-state index in [4.69, 9.17) is 34.8 Å². The molecule has 0 bridgehead atoms. The first-order valence-corrected chi connectivity index (χ1v) is 12.7. The summed E-state index contributed by atoms with van der Waals surface area (Å²) in [6.45, 7) is 5.53. The number of hydrogen-bond donors (Lipinski definition) is 0. The highest BCUT2D eigenvalue weighted by atomic mass is 35.5. The van der Waals surface area contributed by atoms with Gasteiger partial charge in [0.2, 0.25) is 0 Å². The molecule has 31 heavy (non-hydrogen) atoms. The highest BCUT2D eigenvalue weighted by Crippen LogP contribution is 2.37. The molecule has 0 saturated carbocycles. The van der Waals surface area contributed by atoms with Gasteiger partial charge in [0.05, 0.1) is 20.8 Å². The predicted octanol–water partition coefficient (Wildman–Crippen LogP) is 6.26. The molecular formula is C21H16Cl3NO4S2. The molecule has 5 nitrogen and oxygen atoms in total. The Morgan fingerprint density at radius 3 is 1.58 bits per heavy atom. The average Bonchev–Trinajstić information content (AvgIpc) is 2.67. The molecule has 10 heteroatoms. The molecule has 162 valence electrons. The number of sulfonamides is 2. The molecule has 0 aliphatic heterocycles. The summed E-state index contributed by atoms with van der Waals surface area (Å²) in [6, 6.07) is 15.2. The Morgan fingerprint density at radius 1 is 0.742 bits per heavy atom. The standard InChI is InChI=1S/C21H16Cl3NO4S2/c1-14(2)16-12-11-15(13-19(16)24)25(30(26,27)20-9-5-3-7-17(20)22)31(28,29)21-10-6-4-8-18(21)23/h3-13H,1H2,2H3. The van der Waals surface area contributed by atoms with Gasteiger partial charge in [-0.15, -0.1) is 0 Å². The minimum atomic E-state index is -4.68. The largest absolute Gasteiger partial charge is 0.279 e. The van der Waals surface area contributed by atoms with Crippen molar-refractivity contribution in [3.8, 4) is 0 Å². The van der Waals surface area contributed by atoms with Crippen LogP contribution in [0.15, 0.2) is 83.1 Å². The molecule has 0 aliphatic carbocycles. The van der Waals surface area contributed by atoms with E-state index < -0.39 is 20.0 Å². The molecule has 3 aromatic carbocycles. The van der Waals surface area contributed by atoms with E-state index in [2.05, 4.69) is 6.58 Å². The summed E-state index contributed by atoms with van der Waals surface area (Å²) in [5.74, 6) is 0. The molecule has 0 radical (unpaired) electrons. The Kier molecular flexibility index (Phi) is 6.74. The highest BCUT2D eigenvalue weighted by molar-refractivity contribution is 8.10. The van der Waals surface area contributed by atoms with E-state index in [9.17, 15) is 16.8 Å². The molecular weight excluding hydrogens is 501 g/mol. The molecule has 0 unspecified atom stereocenters. The van der Waals surface area contributed by atoms with Gasteiger partial charge in [-0.2, -0.15) is 20.5 Å². The van der Waals surface area contributed by atoms with Crippen LogP contribution in [0.2, 0.25) is 15.1 Å². The smallest absolute Gasteiger partial charge is 0.200 e. The van der Waals surface area contributed by atoms with E-state index in [1.54, 1.807) is 6.92 Å². The lowest BCUT2D eigenvalue weighted by molar-refractivity contribution is 0.584. The summed E-state index contributed by atoms with van der Waals surface area (Å²) in [6.07, 6.45) is 0. The second kappa shape index (κ2) is 8.84. The second-order valence-corrected chi connectivity index (χ2v) is 11.5. The predicted molar refractivity (Wildman–Crippen MR) is 126 cm³/mol. The number of nitrogens with zero attached hydrogens (tertiary/aromatic N) is 1. The van der Waals surface area contributed by atoms with Gasteiger partial charge in [0.25, 0.3) is 20.0 Å². The molecule has 3 aromatic rings. The normalized spacial score (nSPS) is 11.9. The van der Waals surface area contributed by atoms with Gasteiger partial charge in [-0.3, -0.25) is 0 Å². The van der Waals surface area contributed by atoms with Gasteiger partial charge in [0, 0.05) is 0 Å². The zero-order valence-corrected chi connectivity index (χ0v) is 20.0. The molecule has 0 heterocycles. The Morgan fingerprint density at radius 2 is 1.19 bits per heavy atom. The number of halogens is 3. The van der Waals surface area contributed by atoms with E-state index in [0.717, 1.165) is 0 Å². The van der Waals surface area contributed by atoms with Crippen molar-refractivity contribution in [1.29, 1.82) is 0 Å². The number of hydrogen-bond acceptors (Lipinski definition) is 4. The van der Waals surface area contributed by atoms with Crippen LogP contribution in [0.1, 0.15) is 12.5 Å². The molecule has 0 amide bonds.